The Kier molecular flexibility index (Phi) is 8.76. The fourth-order valence-electron chi connectivity index (χ4n) is 2.07. The predicted octanol–water partition coefficient (Wildman–Crippen LogP) is 4.70. The topological polar surface area (TPSA) is 21.3 Å². The first-order valence-electron chi connectivity index (χ1n) is 7.85. The second kappa shape index (κ2) is 10.4. The van der Waals surface area contributed by atoms with E-state index in [1.807, 2.05) is 12.1 Å². The highest BCUT2D eigenvalue weighted by molar-refractivity contribution is 5.29. The van der Waals surface area contributed by atoms with Gasteiger partial charge in [-0.3, -0.25) is 0 Å². The molecule has 0 aromatic heterocycles. The number of hydrogen-bond acceptors (Lipinski definition) is 2. The highest BCUT2D eigenvalue weighted by Gasteiger charge is 2.03. The summed E-state index contributed by atoms with van der Waals surface area (Å²) in [5.41, 5.74) is 0.928. The van der Waals surface area contributed by atoms with Crippen LogP contribution in [0.2, 0.25) is 0 Å². The van der Waals surface area contributed by atoms with E-state index in [4.69, 9.17) is 4.74 Å². The van der Waals surface area contributed by atoms with Crippen LogP contribution in [0.25, 0.3) is 0 Å². The lowest BCUT2D eigenvalue weighted by molar-refractivity contribution is 0.303. The zero-order valence-corrected chi connectivity index (χ0v) is 13.3. The van der Waals surface area contributed by atoms with Crippen LogP contribution >= 0.6 is 0 Å². The average Bonchev–Trinajstić information content (AvgIpc) is 2.42. The van der Waals surface area contributed by atoms with Crippen molar-refractivity contribution in [1.82, 2.24) is 5.32 Å². The third-order valence-electron chi connectivity index (χ3n) is 3.13. The number of rotatable bonds is 11. The van der Waals surface area contributed by atoms with Crippen LogP contribution in [-0.2, 0) is 6.54 Å². The van der Waals surface area contributed by atoms with Crippen LogP contribution in [0.15, 0.2) is 30.9 Å². The number of halogens is 1. The maximum absolute atomic E-state index is 13.6. The van der Waals surface area contributed by atoms with Crippen LogP contribution < -0.4 is 10.1 Å². The summed E-state index contributed by atoms with van der Waals surface area (Å²) < 4.78 is 19.2. The fourth-order valence-corrected chi connectivity index (χ4v) is 2.07. The van der Waals surface area contributed by atoms with Crippen LogP contribution in [-0.4, -0.2) is 13.2 Å². The molecule has 0 aliphatic carbocycles. The third-order valence-corrected chi connectivity index (χ3v) is 3.13. The first kappa shape index (κ1) is 17.7. The summed E-state index contributed by atoms with van der Waals surface area (Å²) in [5.74, 6) is 0.977. The van der Waals surface area contributed by atoms with Crippen LogP contribution in [0.3, 0.4) is 0 Å². The number of hydrogen-bond donors (Lipinski definition) is 1. The van der Waals surface area contributed by atoms with Crippen LogP contribution in [0.1, 0.15) is 45.1 Å². The second-order valence-corrected chi connectivity index (χ2v) is 5.81. The van der Waals surface area contributed by atoms with E-state index in [9.17, 15) is 4.39 Å². The standard InChI is InChI=1S/C18H28FNO/c1-4-5-6-7-8-9-21-18-11-16(10-17(19)12-18)14-20-13-15(2)3/h4,10-12,15,20H,1,5-9,13-14H2,2-3H3. The maximum atomic E-state index is 13.6. The van der Waals surface area contributed by atoms with Gasteiger partial charge in [-0.1, -0.05) is 19.9 Å². The summed E-state index contributed by atoms with van der Waals surface area (Å²) in [6.45, 7) is 10.2. The molecule has 0 aliphatic heterocycles. The van der Waals surface area contributed by atoms with Gasteiger partial charge in [0.05, 0.1) is 6.61 Å². The Balaban J connectivity index is 2.36. The summed E-state index contributed by atoms with van der Waals surface area (Å²) in [6.07, 6.45) is 6.23. The van der Waals surface area contributed by atoms with Gasteiger partial charge in [0.1, 0.15) is 11.6 Å². The van der Waals surface area contributed by atoms with Gasteiger partial charge >= 0.3 is 0 Å². The quantitative estimate of drug-likeness (QED) is 0.472. The van der Waals surface area contributed by atoms with Crippen LogP contribution in [0.5, 0.6) is 5.75 Å². The van der Waals surface area contributed by atoms with E-state index in [0.29, 0.717) is 24.8 Å². The maximum Gasteiger partial charge on any atom is 0.127 e. The largest absolute Gasteiger partial charge is 0.493 e. The first-order chi connectivity index (χ1) is 10.1. The van der Waals surface area contributed by atoms with Gasteiger partial charge in [0.15, 0.2) is 0 Å². The third kappa shape index (κ3) is 8.51. The van der Waals surface area contributed by atoms with Crippen molar-refractivity contribution in [3.8, 4) is 5.75 Å². The number of allylic oxidation sites excluding steroid dienone is 1. The van der Waals surface area contributed by atoms with E-state index < -0.39 is 0 Å². The second-order valence-electron chi connectivity index (χ2n) is 5.81. The van der Waals surface area contributed by atoms with Gasteiger partial charge in [0.25, 0.3) is 0 Å². The summed E-state index contributed by atoms with van der Waals surface area (Å²) in [6, 6.07) is 4.93. The molecule has 1 rings (SSSR count). The zero-order chi connectivity index (χ0) is 15.5. The molecule has 0 saturated heterocycles. The number of benzene rings is 1. The minimum absolute atomic E-state index is 0.236. The van der Waals surface area contributed by atoms with Crippen molar-refractivity contribution in [3.63, 3.8) is 0 Å². The molecule has 21 heavy (non-hydrogen) atoms. The van der Waals surface area contributed by atoms with E-state index in [1.165, 1.54) is 6.07 Å². The van der Waals surface area contributed by atoms with Crippen molar-refractivity contribution in [1.29, 1.82) is 0 Å². The highest BCUT2D eigenvalue weighted by atomic mass is 19.1. The van der Waals surface area contributed by atoms with Crippen molar-refractivity contribution in [2.45, 2.75) is 46.1 Å². The summed E-state index contributed by atoms with van der Waals surface area (Å²) in [4.78, 5) is 0. The van der Waals surface area contributed by atoms with E-state index in [1.54, 1.807) is 6.07 Å². The Hall–Kier alpha value is -1.35. The minimum Gasteiger partial charge on any atom is -0.493 e. The molecule has 3 heteroatoms. The highest BCUT2D eigenvalue weighted by Crippen LogP contribution is 2.17. The van der Waals surface area contributed by atoms with Crippen molar-refractivity contribution in [2.24, 2.45) is 5.92 Å². The van der Waals surface area contributed by atoms with Crippen LogP contribution in [0, 0.1) is 11.7 Å². The Labute approximate surface area is 128 Å². The molecule has 2 nitrogen and oxygen atoms in total. The molecular weight excluding hydrogens is 265 g/mol. The molecule has 0 radical (unpaired) electrons. The molecule has 0 atom stereocenters. The lowest BCUT2D eigenvalue weighted by atomic mass is 10.2. The van der Waals surface area contributed by atoms with Crippen molar-refractivity contribution >= 4 is 0 Å². The zero-order valence-electron chi connectivity index (χ0n) is 13.3. The summed E-state index contributed by atoms with van der Waals surface area (Å²) in [7, 11) is 0. The SMILES string of the molecule is C=CCCCCCOc1cc(F)cc(CNCC(C)C)c1. The minimum atomic E-state index is -0.236. The Bertz CT molecular complexity index is 418. The van der Waals surface area contributed by atoms with Gasteiger partial charge in [-0.15, -0.1) is 6.58 Å². The number of ether oxygens (including phenoxy) is 1. The molecule has 0 heterocycles. The van der Waals surface area contributed by atoms with E-state index in [-0.39, 0.29) is 5.82 Å². The fraction of sp³-hybridized carbons (Fsp3) is 0.556. The molecule has 0 fully saturated rings. The van der Waals surface area contributed by atoms with Gasteiger partial charge in [0.2, 0.25) is 0 Å². The van der Waals surface area contributed by atoms with Gasteiger partial charge < -0.3 is 10.1 Å². The van der Waals surface area contributed by atoms with E-state index in [0.717, 1.165) is 37.8 Å². The van der Waals surface area contributed by atoms with E-state index in [2.05, 4.69) is 25.7 Å². The Morgan fingerprint density at radius 3 is 2.76 bits per heavy atom. The van der Waals surface area contributed by atoms with Crippen LogP contribution in [0.4, 0.5) is 4.39 Å². The smallest absolute Gasteiger partial charge is 0.127 e. The average molecular weight is 293 g/mol. The molecule has 0 spiro atoms. The van der Waals surface area contributed by atoms with Gasteiger partial charge in [-0.25, -0.2) is 4.39 Å². The summed E-state index contributed by atoms with van der Waals surface area (Å²) >= 11 is 0. The molecule has 1 aromatic rings. The molecular formula is C18H28FNO. The van der Waals surface area contributed by atoms with Gasteiger partial charge in [-0.05, 0) is 55.8 Å². The van der Waals surface area contributed by atoms with Crippen molar-refractivity contribution in [2.75, 3.05) is 13.2 Å². The molecule has 0 bridgehead atoms. The lowest BCUT2D eigenvalue weighted by Crippen LogP contribution is -2.19. The van der Waals surface area contributed by atoms with E-state index >= 15 is 0 Å². The molecule has 0 aliphatic rings. The van der Waals surface area contributed by atoms with Crippen molar-refractivity contribution < 1.29 is 9.13 Å². The first-order valence-corrected chi connectivity index (χ1v) is 7.85. The normalized spacial score (nSPS) is 10.9. The molecule has 0 unspecified atom stereocenters. The Morgan fingerprint density at radius 1 is 1.24 bits per heavy atom. The molecule has 1 N–H and O–H groups in total. The summed E-state index contributed by atoms with van der Waals surface area (Å²) in [5, 5.41) is 3.31. The molecule has 118 valence electrons. The Morgan fingerprint density at radius 2 is 2.05 bits per heavy atom. The van der Waals surface area contributed by atoms with Gasteiger partial charge in [-0.2, -0.15) is 0 Å². The van der Waals surface area contributed by atoms with Crippen molar-refractivity contribution in [3.05, 3.63) is 42.2 Å². The monoisotopic (exact) mass is 293 g/mol. The molecule has 1 aromatic carbocycles. The molecule has 0 amide bonds. The van der Waals surface area contributed by atoms with Gasteiger partial charge in [0, 0.05) is 12.6 Å². The predicted molar refractivity (Wildman–Crippen MR) is 87.1 cm³/mol. The number of nitrogens with one attached hydrogen (secondary N) is 1. The lowest BCUT2D eigenvalue weighted by Gasteiger charge is -2.10. The number of unbranched alkanes of at least 4 members (excludes halogenated alkanes) is 3. The molecule has 0 saturated carbocycles.